The van der Waals surface area contributed by atoms with Crippen LogP contribution in [0, 0.1) is 5.92 Å². The molecule has 2 bridgehead atoms. The molecule has 16 heavy (non-hydrogen) atoms. The molecule has 2 saturated carbocycles. The summed E-state index contributed by atoms with van der Waals surface area (Å²) in [6.07, 6.45) is 6.72. The van der Waals surface area contributed by atoms with Gasteiger partial charge < -0.3 is 9.84 Å². The van der Waals surface area contributed by atoms with E-state index in [2.05, 4.69) is 13.8 Å². The molecule has 3 nitrogen and oxygen atoms in total. The van der Waals surface area contributed by atoms with E-state index >= 15 is 0 Å². The van der Waals surface area contributed by atoms with E-state index in [-0.39, 0.29) is 10.3 Å². The number of hydrogen-bond donors (Lipinski definition) is 1. The highest BCUT2D eigenvalue weighted by molar-refractivity contribution is 5.57. The molecule has 4 heteroatoms. The van der Waals surface area contributed by atoms with E-state index in [4.69, 9.17) is 9.84 Å². The minimum absolute atomic E-state index is 0. The molecule has 1 N–H and O–H groups in total. The van der Waals surface area contributed by atoms with Crippen molar-refractivity contribution in [1.82, 2.24) is 0 Å². The first kappa shape index (κ1) is 15.2. The Morgan fingerprint density at radius 3 is 2.06 bits per heavy atom. The highest BCUT2D eigenvalue weighted by Gasteiger charge is 2.47. The van der Waals surface area contributed by atoms with Gasteiger partial charge in [0.15, 0.2) is 0 Å². The lowest BCUT2D eigenvalue weighted by Gasteiger charge is -2.24. The van der Waals surface area contributed by atoms with Gasteiger partial charge in [0.25, 0.3) is 0 Å². The molecule has 0 atom stereocenters. The highest BCUT2D eigenvalue weighted by atomic mass is 19.0. The number of ether oxygens (including phenoxy) is 1. The molecule has 96 valence electrons. The molecule has 0 saturated heterocycles. The van der Waals surface area contributed by atoms with Gasteiger partial charge in [0, 0.05) is 0 Å². The molecule has 0 radical (unpaired) electrons. The average Bonchev–Trinajstić information content (AvgIpc) is 2.76. The van der Waals surface area contributed by atoms with Gasteiger partial charge in [-0.3, -0.25) is 4.70 Å². The average molecular weight is 234 g/mol. The molecule has 0 amide bonds. The summed E-state index contributed by atoms with van der Waals surface area (Å²) in [5.41, 5.74) is -0.267. The van der Waals surface area contributed by atoms with Gasteiger partial charge >= 0.3 is 6.16 Å². The van der Waals surface area contributed by atoms with Gasteiger partial charge in [0.05, 0.1) is 0 Å². The Kier molecular flexibility index (Phi) is 6.38. The lowest BCUT2D eigenvalue weighted by atomic mass is 9.97. The fraction of sp³-hybridized carbons (Fsp3) is 0.917. The van der Waals surface area contributed by atoms with Gasteiger partial charge in [0.2, 0.25) is 0 Å². The smallest absolute Gasteiger partial charge is 0.450 e. The van der Waals surface area contributed by atoms with Crippen molar-refractivity contribution >= 4 is 6.16 Å². The van der Waals surface area contributed by atoms with Crippen molar-refractivity contribution in [2.45, 2.75) is 64.4 Å². The minimum atomic E-state index is -1.10. The number of fused-ring (bicyclic) bond motifs is 2. The maximum absolute atomic E-state index is 10.3. The van der Waals surface area contributed by atoms with Crippen molar-refractivity contribution in [3.63, 3.8) is 0 Å². The van der Waals surface area contributed by atoms with Crippen LogP contribution in [-0.2, 0) is 4.74 Å². The van der Waals surface area contributed by atoms with Crippen LogP contribution in [0.4, 0.5) is 9.50 Å². The Labute approximate surface area is 96.5 Å². The lowest BCUT2D eigenvalue weighted by Crippen LogP contribution is -2.29. The van der Waals surface area contributed by atoms with Crippen LogP contribution in [0.25, 0.3) is 0 Å². The third-order valence-electron chi connectivity index (χ3n) is 3.48. The summed E-state index contributed by atoms with van der Waals surface area (Å²) in [5.74, 6) is 0.745. The summed E-state index contributed by atoms with van der Waals surface area (Å²) in [6.45, 7) is 4.36. The first-order valence-corrected chi connectivity index (χ1v) is 6.04. The molecule has 2 rings (SSSR count). The molecule has 2 aliphatic carbocycles. The van der Waals surface area contributed by atoms with E-state index in [9.17, 15) is 4.79 Å². The van der Waals surface area contributed by atoms with Crippen LogP contribution in [0.5, 0.6) is 0 Å². The van der Waals surface area contributed by atoms with Crippen LogP contribution >= 0.6 is 0 Å². The number of halogens is 1. The molecule has 0 heterocycles. The van der Waals surface area contributed by atoms with Crippen molar-refractivity contribution in [3.05, 3.63) is 0 Å². The zero-order chi connectivity index (χ0) is 11.3. The van der Waals surface area contributed by atoms with Gasteiger partial charge in [-0.25, -0.2) is 4.79 Å². The normalized spacial score (nSPS) is 30.0. The van der Waals surface area contributed by atoms with Crippen molar-refractivity contribution in [3.8, 4) is 0 Å². The molecule has 0 aromatic heterocycles. The maximum Gasteiger partial charge on any atom is 0.506 e. The fourth-order valence-corrected chi connectivity index (χ4v) is 2.47. The Morgan fingerprint density at radius 2 is 1.81 bits per heavy atom. The van der Waals surface area contributed by atoms with Crippen molar-refractivity contribution in [2.24, 2.45) is 5.92 Å². The molecular weight excluding hydrogens is 211 g/mol. The molecule has 0 unspecified atom stereocenters. The van der Waals surface area contributed by atoms with Crippen molar-refractivity contribution < 1.29 is 19.3 Å². The van der Waals surface area contributed by atoms with Crippen molar-refractivity contribution in [2.75, 3.05) is 0 Å². The van der Waals surface area contributed by atoms with Crippen LogP contribution in [0.1, 0.15) is 58.8 Å². The number of unbranched alkanes of at least 4 members (excludes halogenated alkanes) is 1. The van der Waals surface area contributed by atoms with E-state index in [0.29, 0.717) is 0 Å². The Hall–Kier alpha value is -0.800. The van der Waals surface area contributed by atoms with E-state index in [1.807, 2.05) is 0 Å². The summed E-state index contributed by atoms with van der Waals surface area (Å²) in [6, 6.07) is 0. The second kappa shape index (κ2) is 6.71. The van der Waals surface area contributed by atoms with Crippen LogP contribution in [0.15, 0.2) is 0 Å². The lowest BCUT2D eigenvalue weighted by molar-refractivity contribution is -0.0122. The number of carbonyl (C=O) groups is 1. The van der Waals surface area contributed by atoms with E-state index in [1.54, 1.807) is 0 Å². The van der Waals surface area contributed by atoms with Gasteiger partial charge in [-0.15, -0.1) is 0 Å². The summed E-state index contributed by atoms with van der Waals surface area (Å²) in [5, 5.41) is 8.47. The van der Waals surface area contributed by atoms with E-state index in [1.165, 1.54) is 12.8 Å². The van der Waals surface area contributed by atoms with Gasteiger partial charge in [-0.05, 0) is 38.0 Å². The topological polar surface area (TPSA) is 46.5 Å². The van der Waals surface area contributed by atoms with E-state index < -0.39 is 6.16 Å². The number of rotatable bonds is 2. The molecule has 2 fully saturated rings. The molecule has 0 aliphatic heterocycles. The molecule has 0 aromatic carbocycles. The van der Waals surface area contributed by atoms with Gasteiger partial charge in [-0.1, -0.05) is 26.7 Å². The van der Waals surface area contributed by atoms with Crippen LogP contribution < -0.4 is 0 Å². The quantitative estimate of drug-likeness (QED) is 0.735. The Morgan fingerprint density at radius 1 is 1.31 bits per heavy atom. The highest BCUT2D eigenvalue weighted by Crippen LogP contribution is 2.49. The van der Waals surface area contributed by atoms with Crippen molar-refractivity contribution in [1.29, 1.82) is 0 Å². The SMILES string of the molecule is CCCC.F.O=C(O)OC12CCC(CC1)C2. The third-order valence-corrected chi connectivity index (χ3v) is 3.48. The second-order valence-electron chi connectivity index (χ2n) is 4.70. The predicted molar refractivity (Wildman–Crippen MR) is 61.5 cm³/mol. The number of hydrogen-bond acceptors (Lipinski definition) is 2. The zero-order valence-corrected chi connectivity index (χ0v) is 10.2. The third kappa shape index (κ3) is 3.99. The molecule has 0 spiro atoms. The maximum atomic E-state index is 10.3. The molecule has 2 aliphatic rings. The zero-order valence-electron chi connectivity index (χ0n) is 10.2. The molecular formula is C12H23FO3. The first-order valence-electron chi connectivity index (χ1n) is 6.04. The van der Waals surface area contributed by atoms with Crippen LogP contribution in [-0.4, -0.2) is 16.9 Å². The van der Waals surface area contributed by atoms with Gasteiger partial charge in [0.1, 0.15) is 5.60 Å². The van der Waals surface area contributed by atoms with E-state index in [0.717, 1.165) is 38.0 Å². The Bertz CT molecular complexity index is 208. The van der Waals surface area contributed by atoms with Crippen LogP contribution in [0.2, 0.25) is 0 Å². The summed E-state index contributed by atoms with van der Waals surface area (Å²) in [7, 11) is 0. The fourth-order valence-electron chi connectivity index (χ4n) is 2.47. The molecule has 0 aromatic rings. The largest absolute Gasteiger partial charge is 0.506 e. The van der Waals surface area contributed by atoms with Crippen LogP contribution in [0.3, 0.4) is 0 Å². The predicted octanol–water partition coefficient (Wildman–Crippen LogP) is 3.97. The Balaban J connectivity index is 0.000000397. The summed E-state index contributed by atoms with van der Waals surface area (Å²) in [4.78, 5) is 10.3. The monoisotopic (exact) mass is 234 g/mol. The number of carboxylic acid groups (broad SMARTS) is 1. The first-order chi connectivity index (χ1) is 7.12. The standard InChI is InChI=1S/C8H12O3.C4H10.FH/c9-7(10)11-8-3-1-6(5-8)2-4-8;1-3-4-2;/h6H,1-5H2,(H,9,10);3-4H2,1-2H3;1H. The van der Waals surface area contributed by atoms with Gasteiger partial charge in [-0.2, -0.15) is 0 Å². The minimum Gasteiger partial charge on any atom is -0.450 e. The summed E-state index contributed by atoms with van der Waals surface area (Å²) < 4.78 is 4.91. The summed E-state index contributed by atoms with van der Waals surface area (Å²) >= 11 is 0. The second-order valence-corrected chi connectivity index (χ2v) is 4.70.